The summed E-state index contributed by atoms with van der Waals surface area (Å²) in [6.07, 6.45) is 4.32. The van der Waals surface area contributed by atoms with Gasteiger partial charge in [-0.25, -0.2) is 4.39 Å². The Morgan fingerprint density at radius 1 is 1.45 bits per heavy atom. The molecule has 1 aliphatic carbocycles. The van der Waals surface area contributed by atoms with E-state index in [2.05, 4.69) is 12.2 Å². The van der Waals surface area contributed by atoms with Crippen molar-refractivity contribution in [3.63, 3.8) is 0 Å². The average molecular weight is 280 g/mol. The highest BCUT2D eigenvalue weighted by atomic mass is 19.1. The first-order valence-corrected chi connectivity index (χ1v) is 6.63. The largest absolute Gasteiger partial charge is 0.351 e. The minimum Gasteiger partial charge on any atom is -0.351 e. The number of benzene rings is 1. The van der Waals surface area contributed by atoms with Crippen molar-refractivity contribution < 1.29 is 14.1 Å². The van der Waals surface area contributed by atoms with Crippen molar-refractivity contribution in [2.24, 2.45) is 5.41 Å². The van der Waals surface area contributed by atoms with E-state index in [9.17, 15) is 19.3 Å². The van der Waals surface area contributed by atoms with Gasteiger partial charge in [0.2, 0.25) is 0 Å². The molecule has 20 heavy (non-hydrogen) atoms. The minimum atomic E-state index is -0.675. The molecule has 0 aromatic heterocycles. The van der Waals surface area contributed by atoms with Crippen molar-refractivity contribution in [2.45, 2.75) is 32.6 Å². The summed E-state index contributed by atoms with van der Waals surface area (Å²) in [6.45, 7) is 2.54. The van der Waals surface area contributed by atoms with Crippen LogP contribution in [0.3, 0.4) is 0 Å². The number of rotatable bonds is 4. The number of hydrogen-bond donors (Lipinski definition) is 1. The van der Waals surface area contributed by atoms with Gasteiger partial charge >= 0.3 is 0 Å². The number of nitro groups is 1. The molecule has 108 valence electrons. The maximum absolute atomic E-state index is 13.2. The van der Waals surface area contributed by atoms with Crippen LogP contribution in [0.25, 0.3) is 0 Å². The van der Waals surface area contributed by atoms with Crippen LogP contribution in [0, 0.1) is 21.3 Å². The third-order valence-electron chi connectivity index (χ3n) is 3.89. The van der Waals surface area contributed by atoms with Crippen molar-refractivity contribution in [1.82, 2.24) is 5.32 Å². The van der Waals surface area contributed by atoms with Gasteiger partial charge in [-0.2, -0.15) is 0 Å². The molecular weight excluding hydrogens is 263 g/mol. The van der Waals surface area contributed by atoms with Gasteiger partial charge in [-0.15, -0.1) is 0 Å². The number of nitrogens with one attached hydrogen (secondary N) is 1. The van der Waals surface area contributed by atoms with Crippen LogP contribution in [0.4, 0.5) is 10.1 Å². The van der Waals surface area contributed by atoms with Crippen molar-refractivity contribution >= 4 is 11.6 Å². The van der Waals surface area contributed by atoms with E-state index < -0.39 is 16.6 Å². The van der Waals surface area contributed by atoms with E-state index in [0.29, 0.717) is 6.54 Å². The standard InChI is InChI=1S/C14H17FN2O3/c1-14(6-2-3-7-14)9-16-13(18)11-8-10(15)4-5-12(11)17(19)20/h4-5,8H,2-3,6-7,9H2,1H3,(H,16,18). The molecule has 1 fully saturated rings. The molecule has 1 saturated carbocycles. The summed E-state index contributed by atoms with van der Waals surface area (Å²) in [6, 6.07) is 2.90. The van der Waals surface area contributed by atoms with Gasteiger partial charge in [-0.05, 0) is 30.4 Å². The molecule has 0 spiro atoms. The van der Waals surface area contributed by atoms with Crippen LogP contribution >= 0.6 is 0 Å². The number of hydrogen-bond acceptors (Lipinski definition) is 3. The van der Waals surface area contributed by atoms with E-state index in [1.54, 1.807) is 0 Å². The zero-order valence-corrected chi connectivity index (χ0v) is 11.3. The first-order valence-electron chi connectivity index (χ1n) is 6.63. The Kier molecular flexibility index (Phi) is 4.01. The molecule has 1 aromatic rings. The van der Waals surface area contributed by atoms with Gasteiger partial charge in [0.15, 0.2) is 0 Å². The molecule has 1 N–H and O–H groups in total. The zero-order chi connectivity index (χ0) is 14.8. The number of amides is 1. The van der Waals surface area contributed by atoms with E-state index in [1.807, 2.05) is 0 Å². The Bertz CT molecular complexity index is 539. The molecule has 5 nitrogen and oxygen atoms in total. The fourth-order valence-electron chi connectivity index (χ4n) is 2.64. The predicted octanol–water partition coefficient (Wildman–Crippen LogP) is 3.04. The van der Waals surface area contributed by atoms with Gasteiger partial charge in [0.25, 0.3) is 11.6 Å². The molecule has 0 bridgehead atoms. The highest BCUT2D eigenvalue weighted by Gasteiger charge is 2.30. The molecule has 1 amide bonds. The first kappa shape index (κ1) is 14.4. The normalized spacial score (nSPS) is 16.9. The van der Waals surface area contributed by atoms with Gasteiger partial charge in [0, 0.05) is 12.6 Å². The van der Waals surface area contributed by atoms with Crippen LogP contribution in [0.2, 0.25) is 0 Å². The molecule has 0 unspecified atom stereocenters. The van der Waals surface area contributed by atoms with Gasteiger partial charge < -0.3 is 5.32 Å². The van der Waals surface area contributed by atoms with Crippen LogP contribution in [0.1, 0.15) is 43.0 Å². The van der Waals surface area contributed by atoms with E-state index in [0.717, 1.165) is 43.9 Å². The zero-order valence-electron chi connectivity index (χ0n) is 11.3. The summed E-state index contributed by atoms with van der Waals surface area (Å²) in [5, 5.41) is 13.6. The number of carbonyl (C=O) groups excluding carboxylic acids is 1. The Morgan fingerprint density at radius 2 is 2.10 bits per heavy atom. The lowest BCUT2D eigenvalue weighted by Gasteiger charge is -2.23. The number of halogens is 1. The SMILES string of the molecule is CC1(CNC(=O)c2cc(F)ccc2[N+](=O)[O-])CCCC1. The Morgan fingerprint density at radius 3 is 2.70 bits per heavy atom. The van der Waals surface area contributed by atoms with Crippen LogP contribution in [-0.4, -0.2) is 17.4 Å². The molecule has 6 heteroatoms. The summed E-state index contributed by atoms with van der Waals surface area (Å²) in [4.78, 5) is 22.2. The monoisotopic (exact) mass is 280 g/mol. The highest BCUT2D eigenvalue weighted by Crippen LogP contribution is 2.36. The lowest BCUT2D eigenvalue weighted by atomic mass is 9.89. The maximum Gasteiger partial charge on any atom is 0.282 e. The van der Waals surface area contributed by atoms with Crippen LogP contribution in [0.15, 0.2) is 18.2 Å². The second-order valence-corrected chi connectivity index (χ2v) is 5.62. The Labute approximate surface area is 116 Å². The van der Waals surface area contributed by atoms with E-state index in [-0.39, 0.29) is 16.7 Å². The van der Waals surface area contributed by atoms with Crippen molar-refractivity contribution in [3.05, 3.63) is 39.7 Å². The molecule has 2 rings (SSSR count). The van der Waals surface area contributed by atoms with Gasteiger partial charge in [0.1, 0.15) is 11.4 Å². The average Bonchev–Trinajstić information content (AvgIpc) is 2.83. The second kappa shape index (κ2) is 5.56. The van der Waals surface area contributed by atoms with E-state index in [1.165, 1.54) is 0 Å². The van der Waals surface area contributed by atoms with Gasteiger partial charge in [-0.3, -0.25) is 14.9 Å². The summed E-state index contributed by atoms with van der Waals surface area (Å²) in [5.41, 5.74) is -0.560. The number of carbonyl (C=O) groups is 1. The topological polar surface area (TPSA) is 72.2 Å². The number of nitro benzene ring substituents is 1. The molecule has 0 saturated heterocycles. The molecule has 0 radical (unpaired) electrons. The van der Waals surface area contributed by atoms with Crippen molar-refractivity contribution in [2.75, 3.05) is 6.54 Å². The van der Waals surface area contributed by atoms with Crippen molar-refractivity contribution in [3.8, 4) is 0 Å². The number of nitrogens with zero attached hydrogens (tertiary/aromatic N) is 1. The highest BCUT2D eigenvalue weighted by molar-refractivity contribution is 5.98. The van der Waals surface area contributed by atoms with Gasteiger partial charge in [0.05, 0.1) is 4.92 Å². The van der Waals surface area contributed by atoms with Gasteiger partial charge in [-0.1, -0.05) is 19.8 Å². The van der Waals surface area contributed by atoms with E-state index >= 15 is 0 Å². The second-order valence-electron chi connectivity index (χ2n) is 5.62. The van der Waals surface area contributed by atoms with E-state index in [4.69, 9.17) is 0 Å². The first-order chi connectivity index (χ1) is 9.41. The Balaban J connectivity index is 2.12. The summed E-state index contributed by atoms with van der Waals surface area (Å²) in [7, 11) is 0. The lowest BCUT2D eigenvalue weighted by molar-refractivity contribution is -0.385. The maximum atomic E-state index is 13.2. The van der Waals surface area contributed by atoms with Crippen LogP contribution in [0.5, 0.6) is 0 Å². The summed E-state index contributed by atoms with van der Waals surface area (Å²) in [5.74, 6) is -1.25. The fraction of sp³-hybridized carbons (Fsp3) is 0.500. The molecule has 1 aromatic carbocycles. The quantitative estimate of drug-likeness (QED) is 0.680. The Hall–Kier alpha value is -1.98. The molecule has 1 aliphatic rings. The summed E-state index contributed by atoms with van der Waals surface area (Å²) < 4.78 is 13.2. The fourth-order valence-corrected chi connectivity index (χ4v) is 2.64. The van der Waals surface area contributed by atoms with Crippen molar-refractivity contribution in [1.29, 1.82) is 0 Å². The predicted molar refractivity (Wildman–Crippen MR) is 72.0 cm³/mol. The van der Waals surface area contributed by atoms with Crippen LogP contribution in [-0.2, 0) is 0 Å². The smallest absolute Gasteiger partial charge is 0.282 e. The molecule has 0 heterocycles. The third kappa shape index (κ3) is 3.12. The van der Waals surface area contributed by atoms with Crippen LogP contribution < -0.4 is 5.32 Å². The molecule has 0 atom stereocenters. The molecule has 0 aliphatic heterocycles. The lowest BCUT2D eigenvalue weighted by Crippen LogP contribution is -2.34. The third-order valence-corrected chi connectivity index (χ3v) is 3.89. The minimum absolute atomic E-state index is 0.0394. The molecular formula is C14H17FN2O3. The summed E-state index contributed by atoms with van der Waals surface area (Å²) >= 11 is 0.